The van der Waals surface area contributed by atoms with Crippen LogP contribution in [-0.2, 0) is 9.53 Å². The van der Waals surface area contributed by atoms with Crippen molar-refractivity contribution in [1.29, 1.82) is 0 Å². The maximum atomic E-state index is 11.8. The summed E-state index contributed by atoms with van der Waals surface area (Å²) in [7, 11) is 0. The van der Waals surface area contributed by atoms with Crippen LogP contribution in [0.3, 0.4) is 0 Å². The molecule has 0 bridgehead atoms. The SMILES string of the molecule is CCN(CC1CCCN1)C(=O)COC(C)C. The highest BCUT2D eigenvalue weighted by Crippen LogP contribution is 2.07. The molecule has 1 unspecified atom stereocenters. The average Bonchev–Trinajstić information content (AvgIpc) is 2.75. The molecule has 16 heavy (non-hydrogen) atoms. The summed E-state index contributed by atoms with van der Waals surface area (Å²) in [5, 5.41) is 3.41. The van der Waals surface area contributed by atoms with E-state index in [-0.39, 0.29) is 18.6 Å². The van der Waals surface area contributed by atoms with Gasteiger partial charge >= 0.3 is 0 Å². The van der Waals surface area contributed by atoms with Crippen LogP contribution >= 0.6 is 0 Å². The number of hydrogen-bond donors (Lipinski definition) is 1. The third-order valence-corrected chi connectivity index (χ3v) is 2.88. The van der Waals surface area contributed by atoms with Crippen molar-refractivity contribution in [3.63, 3.8) is 0 Å². The van der Waals surface area contributed by atoms with E-state index in [9.17, 15) is 4.79 Å². The fourth-order valence-corrected chi connectivity index (χ4v) is 1.92. The number of likely N-dealkylation sites (N-methyl/N-ethyl adjacent to an activating group) is 1. The zero-order valence-corrected chi connectivity index (χ0v) is 10.7. The van der Waals surface area contributed by atoms with Crippen LogP contribution in [-0.4, -0.2) is 49.2 Å². The first-order valence-electron chi connectivity index (χ1n) is 6.26. The Morgan fingerprint density at radius 3 is 2.81 bits per heavy atom. The molecule has 1 aliphatic heterocycles. The molecule has 0 radical (unpaired) electrons. The topological polar surface area (TPSA) is 41.6 Å². The number of ether oxygens (including phenoxy) is 1. The molecular weight excluding hydrogens is 204 g/mol. The van der Waals surface area contributed by atoms with E-state index in [1.54, 1.807) is 0 Å². The molecule has 0 aliphatic carbocycles. The molecule has 1 aliphatic rings. The minimum Gasteiger partial charge on any atom is -0.369 e. The number of rotatable bonds is 6. The van der Waals surface area contributed by atoms with Crippen molar-refractivity contribution in [1.82, 2.24) is 10.2 Å². The van der Waals surface area contributed by atoms with E-state index >= 15 is 0 Å². The highest BCUT2D eigenvalue weighted by Gasteiger charge is 2.20. The summed E-state index contributed by atoms with van der Waals surface area (Å²) >= 11 is 0. The molecular formula is C12H24N2O2. The van der Waals surface area contributed by atoms with Crippen molar-refractivity contribution in [2.75, 3.05) is 26.2 Å². The van der Waals surface area contributed by atoms with Crippen molar-refractivity contribution in [2.45, 2.75) is 45.8 Å². The van der Waals surface area contributed by atoms with E-state index in [1.807, 2.05) is 25.7 Å². The Morgan fingerprint density at radius 1 is 1.56 bits per heavy atom. The number of amides is 1. The lowest BCUT2D eigenvalue weighted by molar-refractivity contribution is -0.137. The van der Waals surface area contributed by atoms with Gasteiger partial charge in [0.15, 0.2) is 0 Å². The summed E-state index contributed by atoms with van der Waals surface area (Å²) in [6.45, 7) is 8.78. The lowest BCUT2D eigenvalue weighted by atomic mass is 10.2. The van der Waals surface area contributed by atoms with Gasteiger partial charge in [0.05, 0.1) is 6.10 Å². The second-order valence-electron chi connectivity index (χ2n) is 4.59. The molecule has 94 valence electrons. The van der Waals surface area contributed by atoms with Crippen LogP contribution in [0.5, 0.6) is 0 Å². The van der Waals surface area contributed by atoms with Crippen molar-refractivity contribution >= 4 is 5.91 Å². The average molecular weight is 228 g/mol. The van der Waals surface area contributed by atoms with Crippen LogP contribution in [0.25, 0.3) is 0 Å². The highest BCUT2D eigenvalue weighted by atomic mass is 16.5. The second kappa shape index (κ2) is 6.86. The smallest absolute Gasteiger partial charge is 0.248 e. The quantitative estimate of drug-likeness (QED) is 0.738. The fourth-order valence-electron chi connectivity index (χ4n) is 1.92. The zero-order valence-electron chi connectivity index (χ0n) is 10.7. The molecule has 4 nitrogen and oxygen atoms in total. The first-order valence-corrected chi connectivity index (χ1v) is 6.26. The molecule has 0 spiro atoms. The number of nitrogens with one attached hydrogen (secondary N) is 1. The Kier molecular flexibility index (Phi) is 5.77. The molecule has 4 heteroatoms. The van der Waals surface area contributed by atoms with Gasteiger partial charge in [0, 0.05) is 19.1 Å². The molecule has 0 aromatic carbocycles. The first-order chi connectivity index (χ1) is 7.63. The predicted molar refractivity (Wildman–Crippen MR) is 64.4 cm³/mol. The summed E-state index contributed by atoms with van der Waals surface area (Å²) in [4.78, 5) is 13.7. The molecule has 0 saturated carbocycles. The molecule has 1 heterocycles. The van der Waals surface area contributed by atoms with Crippen LogP contribution < -0.4 is 5.32 Å². The molecule has 1 fully saturated rings. The van der Waals surface area contributed by atoms with E-state index in [2.05, 4.69) is 5.32 Å². The Labute approximate surface area is 98.3 Å². The minimum absolute atomic E-state index is 0.102. The maximum absolute atomic E-state index is 11.8. The lowest BCUT2D eigenvalue weighted by Crippen LogP contribution is -2.42. The minimum atomic E-state index is 0.102. The van der Waals surface area contributed by atoms with Crippen LogP contribution in [0.15, 0.2) is 0 Å². The Hall–Kier alpha value is -0.610. The van der Waals surface area contributed by atoms with E-state index in [0.29, 0.717) is 6.04 Å². The number of carbonyl (C=O) groups is 1. The normalized spacial score (nSPS) is 20.4. The van der Waals surface area contributed by atoms with Crippen LogP contribution in [0.2, 0.25) is 0 Å². The first kappa shape index (κ1) is 13.5. The third kappa shape index (κ3) is 4.49. The van der Waals surface area contributed by atoms with Crippen LogP contribution in [0.4, 0.5) is 0 Å². The van der Waals surface area contributed by atoms with Crippen molar-refractivity contribution in [3.05, 3.63) is 0 Å². The highest BCUT2D eigenvalue weighted by molar-refractivity contribution is 5.77. The molecule has 0 aromatic heterocycles. The standard InChI is InChI=1S/C12H24N2O2/c1-4-14(8-11-6-5-7-13-11)12(15)9-16-10(2)3/h10-11,13H,4-9H2,1-3H3. The molecule has 1 atom stereocenters. The van der Waals surface area contributed by atoms with E-state index in [4.69, 9.17) is 4.74 Å². The molecule has 1 N–H and O–H groups in total. The fraction of sp³-hybridized carbons (Fsp3) is 0.917. The van der Waals surface area contributed by atoms with Crippen molar-refractivity contribution < 1.29 is 9.53 Å². The van der Waals surface area contributed by atoms with E-state index in [0.717, 1.165) is 19.6 Å². The van der Waals surface area contributed by atoms with E-state index in [1.165, 1.54) is 12.8 Å². The van der Waals surface area contributed by atoms with Gasteiger partial charge in [0.1, 0.15) is 6.61 Å². The second-order valence-corrected chi connectivity index (χ2v) is 4.59. The summed E-state index contributed by atoms with van der Waals surface area (Å²) in [6, 6.07) is 0.475. The van der Waals surface area contributed by atoms with Gasteiger partial charge in [0.2, 0.25) is 5.91 Å². The van der Waals surface area contributed by atoms with Crippen LogP contribution in [0, 0.1) is 0 Å². The van der Waals surface area contributed by atoms with Gasteiger partial charge in [-0.2, -0.15) is 0 Å². The molecule has 0 aromatic rings. The Morgan fingerprint density at radius 2 is 2.31 bits per heavy atom. The van der Waals surface area contributed by atoms with Gasteiger partial charge in [-0.15, -0.1) is 0 Å². The van der Waals surface area contributed by atoms with Gasteiger partial charge in [-0.1, -0.05) is 0 Å². The van der Waals surface area contributed by atoms with E-state index < -0.39 is 0 Å². The zero-order chi connectivity index (χ0) is 12.0. The largest absolute Gasteiger partial charge is 0.369 e. The van der Waals surface area contributed by atoms with Crippen molar-refractivity contribution in [3.8, 4) is 0 Å². The summed E-state index contributed by atoms with van der Waals surface area (Å²) in [6.07, 6.45) is 2.51. The number of carbonyl (C=O) groups excluding carboxylic acids is 1. The summed E-state index contributed by atoms with van der Waals surface area (Å²) in [5.41, 5.74) is 0. The predicted octanol–water partition coefficient (Wildman–Crippen LogP) is 1.01. The van der Waals surface area contributed by atoms with Crippen molar-refractivity contribution in [2.24, 2.45) is 0 Å². The Bertz CT molecular complexity index is 213. The van der Waals surface area contributed by atoms with Gasteiger partial charge in [-0.05, 0) is 40.2 Å². The molecule has 1 rings (SSSR count). The number of nitrogens with zero attached hydrogens (tertiary/aromatic N) is 1. The molecule has 1 saturated heterocycles. The lowest BCUT2D eigenvalue weighted by Gasteiger charge is -2.24. The summed E-state index contributed by atoms with van der Waals surface area (Å²) in [5.74, 6) is 0.102. The van der Waals surface area contributed by atoms with Gasteiger partial charge < -0.3 is 15.0 Å². The number of hydrogen-bond acceptors (Lipinski definition) is 3. The maximum Gasteiger partial charge on any atom is 0.248 e. The van der Waals surface area contributed by atoms with Crippen LogP contribution in [0.1, 0.15) is 33.6 Å². The van der Waals surface area contributed by atoms with Gasteiger partial charge in [-0.3, -0.25) is 4.79 Å². The monoisotopic (exact) mass is 228 g/mol. The Balaban J connectivity index is 2.30. The summed E-state index contributed by atoms with van der Waals surface area (Å²) < 4.78 is 5.34. The van der Waals surface area contributed by atoms with Gasteiger partial charge in [-0.25, -0.2) is 0 Å². The third-order valence-electron chi connectivity index (χ3n) is 2.88. The molecule has 1 amide bonds. The van der Waals surface area contributed by atoms with Gasteiger partial charge in [0.25, 0.3) is 0 Å².